The van der Waals surface area contributed by atoms with E-state index in [1.165, 1.54) is 17.7 Å². The van der Waals surface area contributed by atoms with Gasteiger partial charge in [0.25, 0.3) is 0 Å². The van der Waals surface area contributed by atoms with E-state index >= 15 is 0 Å². The van der Waals surface area contributed by atoms with Crippen LogP contribution in [0.25, 0.3) is 11.2 Å². The number of pyridine rings is 1. The molecule has 2 aromatic carbocycles. The molecule has 0 radical (unpaired) electrons. The molecule has 1 N–H and O–H groups in total. The summed E-state index contributed by atoms with van der Waals surface area (Å²) >= 11 is 0. The monoisotopic (exact) mass is 403 g/mol. The van der Waals surface area contributed by atoms with E-state index in [1.807, 2.05) is 43.7 Å². The van der Waals surface area contributed by atoms with E-state index in [-0.39, 0.29) is 12.2 Å². The highest BCUT2D eigenvalue weighted by Gasteiger charge is 2.12. The Balaban J connectivity index is 1.55. The Bertz CT molecular complexity index is 1250. The van der Waals surface area contributed by atoms with Crippen molar-refractivity contribution >= 4 is 17.1 Å². The zero-order valence-corrected chi connectivity index (χ0v) is 16.9. The van der Waals surface area contributed by atoms with Crippen LogP contribution in [0.3, 0.4) is 0 Å². The van der Waals surface area contributed by atoms with Crippen molar-refractivity contribution in [2.24, 2.45) is 7.05 Å². The topological polar surface area (TPSA) is 86.5 Å². The summed E-state index contributed by atoms with van der Waals surface area (Å²) in [6, 6.07) is 16.0. The van der Waals surface area contributed by atoms with Crippen molar-refractivity contribution in [3.8, 4) is 17.4 Å². The number of benzene rings is 2. The third-order valence-corrected chi connectivity index (χ3v) is 4.78. The maximum atomic E-state index is 11.1. The molecule has 0 amide bonds. The van der Waals surface area contributed by atoms with E-state index in [0.717, 1.165) is 16.8 Å². The number of carboxylic acid groups (broad SMARTS) is 1. The SMILES string of the molecule is Cc1ccc(Oc2ccc3nc(COc4cccc(C(=O)O)c4)n(C)c3n2)c(C)c1. The Hall–Kier alpha value is -3.87. The number of aromatic carboxylic acids is 1. The van der Waals surface area contributed by atoms with Gasteiger partial charge in [0.15, 0.2) is 5.65 Å². The van der Waals surface area contributed by atoms with E-state index in [0.29, 0.717) is 23.1 Å². The van der Waals surface area contributed by atoms with Crippen LogP contribution in [0.2, 0.25) is 0 Å². The number of aryl methyl sites for hydroxylation is 3. The Kier molecular flexibility index (Phi) is 5.10. The summed E-state index contributed by atoms with van der Waals surface area (Å²) in [5.74, 6) is 1.38. The fraction of sp³-hybridized carbons (Fsp3) is 0.174. The van der Waals surface area contributed by atoms with Crippen molar-refractivity contribution in [2.45, 2.75) is 20.5 Å². The lowest BCUT2D eigenvalue weighted by molar-refractivity contribution is 0.0696. The number of imidazole rings is 1. The minimum atomic E-state index is -0.997. The third-order valence-electron chi connectivity index (χ3n) is 4.78. The van der Waals surface area contributed by atoms with Crippen LogP contribution < -0.4 is 9.47 Å². The maximum Gasteiger partial charge on any atom is 0.335 e. The molecule has 0 bridgehead atoms. The van der Waals surface area contributed by atoms with Crippen molar-refractivity contribution in [3.05, 3.63) is 77.1 Å². The largest absolute Gasteiger partial charge is 0.486 e. The van der Waals surface area contributed by atoms with Crippen LogP contribution in [0.1, 0.15) is 27.3 Å². The second kappa shape index (κ2) is 7.87. The van der Waals surface area contributed by atoms with E-state index in [2.05, 4.69) is 16.0 Å². The molecule has 0 fully saturated rings. The van der Waals surface area contributed by atoms with E-state index in [1.54, 1.807) is 18.2 Å². The summed E-state index contributed by atoms with van der Waals surface area (Å²) in [5.41, 5.74) is 3.79. The first kappa shape index (κ1) is 19.4. The van der Waals surface area contributed by atoms with Crippen LogP contribution >= 0.6 is 0 Å². The molecule has 0 aliphatic rings. The molecule has 0 saturated carbocycles. The van der Waals surface area contributed by atoms with Crippen molar-refractivity contribution in [1.29, 1.82) is 0 Å². The van der Waals surface area contributed by atoms with Gasteiger partial charge in [0.1, 0.15) is 29.4 Å². The van der Waals surface area contributed by atoms with Gasteiger partial charge in [-0.3, -0.25) is 0 Å². The molecular weight excluding hydrogens is 382 g/mol. The zero-order valence-electron chi connectivity index (χ0n) is 16.9. The Morgan fingerprint density at radius 3 is 2.67 bits per heavy atom. The van der Waals surface area contributed by atoms with Gasteiger partial charge in [-0.1, -0.05) is 23.8 Å². The Labute approximate surface area is 173 Å². The van der Waals surface area contributed by atoms with Crippen molar-refractivity contribution in [1.82, 2.24) is 14.5 Å². The number of hydrogen-bond donors (Lipinski definition) is 1. The highest BCUT2D eigenvalue weighted by Crippen LogP contribution is 2.26. The smallest absolute Gasteiger partial charge is 0.335 e. The van der Waals surface area contributed by atoms with Gasteiger partial charge in [-0.15, -0.1) is 0 Å². The minimum Gasteiger partial charge on any atom is -0.486 e. The van der Waals surface area contributed by atoms with Gasteiger partial charge < -0.3 is 19.1 Å². The molecule has 4 aromatic rings. The van der Waals surface area contributed by atoms with Gasteiger partial charge in [0, 0.05) is 13.1 Å². The average molecular weight is 403 g/mol. The van der Waals surface area contributed by atoms with Crippen LogP contribution in [-0.2, 0) is 13.7 Å². The van der Waals surface area contributed by atoms with Crippen LogP contribution in [0.15, 0.2) is 54.6 Å². The second-order valence-corrected chi connectivity index (χ2v) is 7.07. The molecule has 7 heteroatoms. The molecule has 152 valence electrons. The fourth-order valence-corrected chi connectivity index (χ4v) is 3.17. The van der Waals surface area contributed by atoms with Gasteiger partial charge in [0.2, 0.25) is 5.88 Å². The van der Waals surface area contributed by atoms with E-state index in [4.69, 9.17) is 14.6 Å². The van der Waals surface area contributed by atoms with Crippen LogP contribution in [0.5, 0.6) is 17.4 Å². The van der Waals surface area contributed by atoms with Gasteiger partial charge in [-0.05, 0) is 49.7 Å². The second-order valence-electron chi connectivity index (χ2n) is 7.07. The quantitative estimate of drug-likeness (QED) is 0.504. The standard InChI is InChI=1S/C23H21N3O4/c1-14-7-9-19(15(2)11-14)30-21-10-8-18-22(25-21)26(3)20(24-18)13-29-17-6-4-5-16(12-17)23(27)28/h4-12H,13H2,1-3H3,(H,27,28). The zero-order chi connectivity index (χ0) is 21.3. The van der Waals surface area contributed by atoms with Gasteiger partial charge in [-0.2, -0.15) is 4.98 Å². The number of fused-ring (bicyclic) bond motifs is 1. The minimum absolute atomic E-state index is 0.173. The number of nitrogens with zero attached hydrogens (tertiary/aromatic N) is 3. The van der Waals surface area contributed by atoms with Gasteiger partial charge in [0.05, 0.1) is 5.56 Å². The normalized spacial score (nSPS) is 10.9. The van der Waals surface area contributed by atoms with E-state index in [9.17, 15) is 4.79 Å². The summed E-state index contributed by atoms with van der Waals surface area (Å²) in [6.07, 6.45) is 0. The first-order chi connectivity index (χ1) is 14.4. The molecule has 4 rings (SSSR count). The summed E-state index contributed by atoms with van der Waals surface area (Å²) < 4.78 is 13.5. The lowest BCUT2D eigenvalue weighted by atomic mass is 10.1. The van der Waals surface area contributed by atoms with Crippen molar-refractivity contribution < 1.29 is 19.4 Å². The predicted molar refractivity (Wildman–Crippen MR) is 112 cm³/mol. The molecule has 0 saturated heterocycles. The molecule has 0 atom stereocenters. The first-order valence-electron chi connectivity index (χ1n) is 9.44. The molecule has 0 aliphatic heterocycles. The number of carbonyl (C=O) groups is 1. The average Bonchev–Trinajstić information content (AvgIpc) is 3.04. The van der Waals surface area contributed by atoms with Crippen molar-refractivity contribution in [3.63, 3.8) is 0 Å². The molecule has 0 spiro atoms. The maximum absolute atomic E-state index is 11.1. The molecule has 7 nitrogen and oxygen atoms in total. The third kappa shape index (κ3) is 3.96. The summed E-state index contributed by atoms with van der Waals surface area (Å²) in [6.45, 7) is 4.22. The highest BCUT2D eigenvalue weighted by atomic mass is 16.5. The molecule has 0 unspecified atom stereocenters. The summed E-state index contributed by atoms with van der Waals surface area (Å²) in [7, 11) is 1.86. The number of hydrogen-bond acceptors (Lipinski definition) is 5. The molecule has 2 aromatic heterocycles. The number of aromatic nitrogens is 3. The summed E-state index contributed by atoms with van der Waals surface area (Å²) in [4.78, 5) is 20.3. The van der Waals surface area contributed by atoms with Crippen LogP contribution in [0, 0.1) is 13.8 Å². The van der Waals surface area contributed by atoms with Gasteiger partial charge >= 0.3 is 5.97 Å². The van der Waals surface area contributed by atoms with Crippen LogP contribution in [-0.4, -0.2) is 25.6 Å². The van der Waals surface area contributed by atoms with Crippen molar-refractivity contribution in [2.75, 3.05) is 0 Å². The molecular formula is C23H21N3O4. The lowest BCUT2D eigenvalue weighted by Gasteiger charge is -2.09. The molecule has 0 aliphatic carbocycles. The first-order valence-corrected chi connectivity index (χ1v) is 9.44. The number of carboxylic acids is 1. The molecule has 2 heterocycles. The predicted octanol–water partition coefficient (Wildman–Crippen LogP) is 4.65. The lowest BCUT2D eigenvalue weighted by Crippen LogP contribution is -2.04. The Morgan fingerprint density at radius 2 is 1.90 bits per heavy atom. The molecule has 30 heavy (non-hydrogen) atoms. The number of rotatable bonds is 6. The fourth-order valence-electron chi connectivity index (χ4n) is 3.17. The summed E-state index contributed by atoms with van der Waals surface area (Å²) in [5, 5.41) is 9.10. The van der Waals surface area contributed by atoms with Crippen LogP contribution in [0.4, 0.5) is 0 Å². The number of ether oxygens (including phenoxy) is 2. The highest BCUT2D eigenvalue weighted by molar-refractivity contribution is 5.88. The Morgan fingerprint density at radius 1 is 1.07 bits per heavy atom. The van der Waals surface area contributed by atoms with Gasteiger partial charge in [-0.25, -0.2) is 9.78 Å². The van der Waals surface area contributed by atoms with E-state index < -0.39 is 5.97 Å².